The van der Waals surface area contributed by atoms with Crippen LogP contribution in [0, 0.1) is 11.6 Å². The van der Waals surface area contributed by atoms with Gasteiger partial charge >= 0.3 is 5.97 Å². The van der Waals surface area contributed by atoms with Crippen LogP contribution in [-0.4, -0.2) is 41.3 Å². The smallest absolute Gasteiger partial charge is 0.335 e. The van der Waals surface area contributed by atoms with Crippen LogP contribution in [0.2, 0.25) is 0 Å². The number of para-hydroxylation sites is 1. The van der Waals surface area contributed by atoms with E-state index in [0.717, 1.165) is 6.07 Å². The monoisotopic (exact) mass is 590 g/mol. The Kier molecular flexibility index (Phi) is 8.39. The molecule has 1 aliphatic heterocycles. The number of aromatic carboxylic acids is 1. The zero-order valence-corrected chi connectivity index (χ0v) is 23.2. The molecule has 0 aromatic heterocycles. The first-order chi connectivity index (χ1) is 20.3. The number of amides is 1. The first-order valence-corrected chi connectivity index (χ1v) is 13.5. The van der Waals surface area contributed by atoms with Gasteiger partial charge in [-0.3, -0.25) is 4.79 Å². The van der Waals surface area contributed by atoms with E-state index in [4.69, 9.17) is 14.2 Å². The molecule has 214 valence electrons. The number of carboxylic acids is 1. The molecule has 1 amide bonds. The van der Waals surface area contributed by atoms with Crippen LogP contribution in [0.4, 0.5) is 8.78 Å². The van der Waals surface area contributed by atoms with E-state index >= 15 is 0 Å². The third kappa shape index (κ3) is 5.91. The van der Waals surface area contributed by atoms with E-state index in [0.29, 0.717) is 33.2 Å². The maximum Gasteiger partial charge on any atom is 0.335 e. The molecule has 4 aromatic carbocycles. The first kappa shape index (κ1) is 28.6. The Bertz CT molecular complexity index is 1680. The summed E-state index contributed by atoms with van der Waals surface area (Å²) in [5.41, 5.74) is 1.95. The number of thioether (sulfide) groups is 1. The van der Waals surface area contributed by atoms with E-state index < -0.39 is 28.9 Å². The van der Waals surface area contributed by atoms with Gasteiger partial charge in [-0.1, -0.05) is 36.0 Å². The Labute approximate surface area is 244 Å². The third-order valence-electron chi connectivity index (χ3n) is 6.39. The number of nitrogens with zero attached hydrogens (tertiary/aromatic N) is 2. The van der Waals surface area contributed by atoms with E-state index in [9.17, 15) is 23.5 Å². The standard InChI is InChI=1S/C31H24F2N2O6S/c1-39-25-14-11-20(16-24(25)33)29(36)35-30(42-28(34-35)19-9-12-22(32)13-10-19)23-7-4-8-26(27(23)40-2)41-17-18-5-3-6-21(15-18)31(37)38/h3-16,30H,17H2,1-2H3,(H,37,38). The van der Waals surface area contributed by atoms with Crippen molar-refractivity contribution < 1.29 is 37.7 Å². The number of ether oxygens (including phenoxy) is 3. The Balaban J connectivity index is 1.50. The zero-order chi connectivity index (χ0) is 29.8. The van der Waals surface area contributed by atoms with Crippen LogP contribution in [0.3, 0.4) is 0 Å². The lowest BCUT2D eigenvalue weighted by molar-refractivity contribution is 0.0695. The number of halogens is 2. The van der Waals surface area contributed by atoms with E-state index in [-0.39, 0.29) is 23.5 Å². The second-order valence-corrected chi connectivity index (χ2v) is 10.1. The fourth-order valence-corrected chi connectivity index (χ4v) is 5.52. The van der Waals surface area contributed by atoms with Crippen molar-refractivity contribution in [3.8, 4) is 17.2 Å². The predicted molar refractivity (Wildman–Crippen MR) is 153 cm³/mol. The van der Waals surface area contributed by atoms with Crippen molar-refractivity contribution in [2.45, 2.75) is 12.0 Å². The molecule has 5 rings (SSSR count). The highest BCUT2D eigenvalue weighted by Gasteiger charge is 2.37. The van der Waals surface area contributed by atoms with E-state index in [1.54, 1.807) is 42.5 Å². The molecule has 0 aliphatic carbocycles. The van der Waals surface area contributed by atoms with Crippen molar-refractivity contribution in [2.75, 3.05) is 14.2 Å². The van der Waals surface area contributed by atoms with Crippen LogP contribution in [-0.2, 0) is 6.61 Å². The molecule has 0 saturated heterocycles. The average Bonchev–Trinajstić information content (AvgIpc) is 3.45. The summed E-state index contributed by atoms with van der Waals surface area (Å²) in [6.07, 6.45) is 0. The van der Waals surface area contributed by atoms with E-state index in [1.165, 1.54) is 67.4 Å². The molecule has 1 heterocycles. The molecule has 4 aromatic rings. The van der Waals surface area contributed by atoms with Gasteiger partial charge < -0.3 is 19.3 Å². The summed E-state index contributed by atoms with van der Waals surface area (Å²) in [6.45, 7) is 0.0594. The van der Waals surface area contributed by atoms with Crippen LogP contribution >= 0.6 is 11.8 Å². The Hall–Kier alpha value is -4.90. The van der Waals surface area contributed by atoms with Gasteiger partial charge in [-0.05, 0) is 66.2 Å². The predicted octanol–water partition coefficient (Wildman–Crippen LogP) is 6.51. The first-order valence-electron chi connectivity index (χ1n) is 12.6. The van der Waals surface area contributed by atoms with Gasteiger partial charge in [0.05, 0.1) is 19.8 Å². The SMILES string of the molecule is COc1ccc(C(=O)N2N=C(c3ccc(F)cc3)SC2c2cccc(OCc3cccc(C(=O)O)c3)c2OC)cc1F. The van der Waals surface area contributed by atoms with E-state index in [1.807, 2.05) is 0 Å². The van der Waals surface area contributed by atoms with E-state index in [2.05, 4.69) is 5.10 Å². The molecule has 1 unspecified atom stereocenters. The Morgan fingerprint density at radius 1 is 0.905 bits per heavy atom. The van der Waals surface area contributed by atoms with Crippen LogP contribution in [0.1, 0.15) is 42.8 Å². The molecule has 0 spiro atoms. The normalized spacial score (nSPS) is 14.3. The minimum absolute atomic E-state index is 0.00481. The highest BCUT2D eigenvalue weighted by atomic mass is 32.2. The fraction of sp³-hybridized carbons (Fsp3) is 0.129. The molecular weight excluding hydrogens is 566 g/mol. The molecule has 1 atom stereocenters. The molecule has 0 saturated carbocycles. The third-order valence-corrected chi connectivity index (χ3v) is 7.61. The number of methoxy groups -OCH3 is 2. The molecule has 1 N–H and O–H groups in total. The second kappa shape index (κ2) is 12.3. The summed E-state index contributed by atoms with van der Waals surface area (Å²) < 4.78 is 44.9. The van der Waals surface area contributed by atoms with Gasteiger partial charge in [0.15, 0.2) is 23.1 Å². The molecule has 0 fully saturated rings. The lowest BCUT2D eigenvalue weighted by Crippen LogP contribution is -2.26. The van der Waals surface area contributed by atoms with Crippen molar-refractivity contribution in [1.29, 1.82) is 0 Å². The van der Waals surface area contributed by atoms with Crippen molar-refractivity contribution in [1.82, 2.24) is 5.01 Å². The lowest BCUT2D eigenvalue weighted by atomic mass is 10.1. The molecular formula is C31H24F2N2O6S. The van der Waals surface area contributed by atoms with Crippen LogP contribution in [0.15, 0.2) is 90.0 Å². The average molecular weight is 591 g/mol. The summed E-state index contributed by atoms with van der Waals surface area (Å²) in [5, 5.41) is 14.8. The summed E-state index contributed by atoms with van der Waals surface area (Å²) in [7, 11) is 2.79. The number of carboxylic acid groups (broad SMARTS) is 1. The Morgan fingerprint density at radius 2 is 1.67 bits per heavy atom. The van der Waals surface area contributed by atoms with Gasteiger partial charge in [-0.2, -0.15) is 5.10 Å². The van der Waals surface area contributed by atoms with Crippen molar-refractivity contribution in [2.24, 2.45) is 5.10 Å². The van der Waals surface area contributed by atoms with Gasteiger partial charge in [-0.15, -0.1) is 0 Å². The minimum Gasteiger partial charge on any atom is -0.494 e. The largest absolute Gasteiger partial charge is 0.494 e. The van der Waals surface area contributed by atoms with Crippen LogP contribution < -0.4 is 14.2 Å². The molecule has 1 aliphatic rings. The summed E-state index contributed by atoms with van der Waals surface area (Å²) in [6, 6.07) is 21.1. The highest BCUT2D eigenvalue weighted by Crippen LogP contribution is 2.47. The lowest BCUT2D eigenvalue weighted by Gasteiger charge is -2.24. The summed E-state index contributed by atoms with van der Waals surface area (Å²) in [4.78, 5) is 25.1. The number of benzene rings is 4. The van der Waals surface area contributed by atoms with Crippen molar-refractivity contribution in [3.63, 3.8) is 0 Å². The number of hydrazone groups is 1. The second-order valence-electron chi connectivity index (χ2n) is 9.05. The van der Waals surface area contributed by atoms with Gasteiger partial charge in [0.1, 0.15) is 22.8 Å². The molecule has 42 heavy (non-hydrogen) atoms. The molecule has 0 bridgehead atoms. The number of hydrogen-bond donors (Lipinski definition) is 1. The maximum atomic E-state index is 14.5. The van der Waals surface area contributed by atoms with Crippen LogP contribution in [0.25, 0.3) is 0 Å². The van der Waals surface area contributed by atoms with Crippen LogP contribution in [0.5, 0.6) is 17.2 Å². The molecule has 8 nitrogen and oxygen atoms in total. The number of rotatable bonds is 9. The zero-order valence-electron chi connectivity index (χ0n) is 22.4. The topological polar surface area (TPSA) is 97.7 Å². The van der Waals surface area contributed by atoms with Gasteiger partial charge in [0.2, 0.25) is 0 Å². The number of carbonyl (C=O) groups excluding carboxylic acids is 1. The Morgan fingerprint density at radius 3 is 2.36 bits per heavy atom. The number of hydrogen-bond acceptors (Lipinski definition) is 7. The molecule has 11 heteroatoms. The number of carbonyl (C=O) groups is 2. The maximum absolute atomic E-state index is 14.5. The summed E-state index contributed by atoms with van der Waals surface area (Å²) in [5.74, 6) is -2.06. The highest BCUT2D eigenvalue weighted by molar-refractivity contribution is 8.14. The van der Waals surface area contributed by atoms with Gasteiger partial charge in [0, 0.05) is 16.7 Å². The summed E-state index contributed by atoms with van der Waals surface area (Å²) >= 11 is 1.24. The van der Waals surface area contributed by atoms with Crippen molar-refractivity contribution >= 4 is 28.7 Å². The fourth-order valence-electron chi connectivity index (χ4n) is 4.34. The van der Waals surface area contributed by atoms with Crippen molar-refractivity contribution in [3.05, 3.63) is 124 Å². The molecule has 0 radical (unpaired) electrons. The van der Waals surface area contributed by atoms with Gasteiger partial charge in [-0.25, -0.2) is 18.6 Å². The van der Waals surface area contributed by atoms with Gasteiger partial charge in [0.25, 0.3) is 5.91 Å². The minimum atomic E-state index is -1.05. The quantitative estimate of drug-likeness (QED) is 0.237.